The lowest BCUT2D eigenvalue weighted by Gasteiger charge is -2.34. The third-order valence-corrected chi connectivity index (χ3v) is 3.70. The van der Waals surface area contributed by atoms with Crippen LogP contribution in [0, 0.1) is 0 Å². The van der Waals surface area contributed by atoms with Gasteiger partial charge in [-0.1, -0.05) is 0 Å². The molecule has 6 heteroatoms. The third-order valence-electron chi connectivity index (χ3n) is 3.47. The first-order valence-electron chi connectivity index (χ1n) is 7.50. The lowest BCUT2D eigenvalue weighted by atomic mass is 10.2. The number of amides is 2. The highest BCUT2D eigenvalue weighted by atomic mass is 35.5. The van der Waals surface area contributed by atoms with Crippen LogP contribution >= 0.6 is 11.6 Å². The van der Waals surface area contributed by atoms with Gasteiger partial charge >= 0.3 is 6.09 Å². The second kappa shape index (κ2) is 7.34. The molecule has 0 spiro atoms. The molecule has 0 saturated carbocycles. The topological polar surface area (TPSA) is 49.9 Å². The SMILES string of the molecule is CC(C)N(CC1CCCN1C(=O)CCl)C(=O)OC(C)(C)C. The van der Waals surface area contributed by atoms with E-state index in [1.54, 1.807) is 9.80 Å². The van der Waals surface area contributed by atoms with Crippen LogP contribution in [0.25, 0.3) is 0 Å². The first-order valence-corrected chi connectivity index (χ1v) is 8.04. The van der Waals surface area contributed by atoms with Crippen LogP contribution in [0.1, 0.15) is 47.5 Å². The van der Waals surface area contributed by atoms with Crippen molar-refractivity contribution >= 4 is 23.6 Å². The minimum atomic E-state index is -0.522. The maximum atomic E-state index is 12.3. The van der Waals surface area contributed by atoms with Crippen LogP contribution in [-0.2, 0) is 9.53 Å². The molecular weight excluding hydrogens is 292 g/mol. The molecule has 122 valence electrons. The Bertz CT molecular complexity index is 380. The van der Waals surface area contributed by atoms with Gasteiger partial charge in [-0.15, -0.1) is 11.6 Å². The van der Waals surface area contributed by atoms with Gasteiger partial charge in [0.1, 0.15) is 11.5 Å². The van der Waals surface area contributed by atoms with E-state index >= 15 is 0 Å². The van der Waals surface area contributed by atoms with Gasteiger partial charge < -0.3 is 14.5 Å². The fourth-order valence-electron chi connectivity index (χ4n) is 2.47. The summed E-state index contributed by atoms with van der Waals surface area (Å²) >= 11 is 5.65. The lowest BCUT2D eigenvalue weighted by molar-refractivity contribution is -0.129. The van der Waals surface area contributed by atoms with Gasteiger partial charge in [-0.2, -0.15) is 0 Å². The second-order valence-corrected chi connectivity index (χ2v) is 7.01. The van der Waals surface area contributed by atoms with Crippen molar-refractivity contribution in [2.75, 3.05) is 19.0 Å². The molecule has 0 N–H and O–H groups in total. The molecule has 0 aliphatic carbocycles. The summed E-state index contributed by atoms with van der Waals surface area (Å²) in [5.74, 6) is -0.0722. The molecule has 0 aromatic rings. The number of likely N-dealkylation sites (tertiary alicyclic amines) is 1. The van der Waals surface area contributed by atoms with Gasteiger partial charge in [0.25, 0.3) is 0 Å². The van der Waals surface area contributed by atoms with Crippen LogP contribution in [0.15, 0.2) is 0 Å². The minimum absolute atomic E-state index is 0.00931. The Labute approximate surface area is 132 Å². The van der Waals surface area contributed by atoms with Gasteiger partial charge in [-0.3, -0.25) is 4.79 Å². The van der Waals surface area contributed by atoms with Crippen LogP contribution in [0.5, 0.6) is 0 Å². The van der Waals surface area contributed by atoms with E-state index in [2.05, 4.69) is 0 Å². The molecule has 0 aromatic heterocycles. The van der Waals surface area contributed by atoms with Crippen molar-refractivity contribution in [3.05, 3.63) is 0 Å². The Morgan fingerprint density at radius 3 is 2.48 bits per heavy atom. The van der Waals surface area contributed by atoms with Gasteiger partial charge in [0, 0.05) is 25.2 Å². The summed E-state index contributed by atoms with van der Waals surface area (Å²) in [5, 5.41) is 0. The molecule has 0 bridgehead atoms. The summed E-state index contributed by atoms with van der Waals surface area (Å²) in [6.45, 7) is 10.7. The molecule has 1 saturated heterocycles. The molecule has 1 unspecified atom stereocenters. The van der Waals surface area contributed by atoms with Gasteiger partial charge in [0.15, 0.2) is 0 Å². The number of halogens is 1. The van der Waals surface area contributed by atoms with Gasteiger partial charge in [-0.05, 0) is 47.5 Å². The summed E-state index contributed by atoms with van der Waals surface area (Å²) in [6.07, 6.45) is 1.52. The zero-order valence-electron chi connectivity index (χ0n) is 13.7. The quantitative estimate of drug-likeness (QED) is 0.749. The smallest absolute Gasteiger partial charge is 0.410 e. The van der Waals surface area contributed by atoms with Crippen molar-refractivity contribution in [1.29, 1.82) is 0 Å². The van der Waals surface area contributed by atoms with Crippen molar-refractivity contribution < 1.29 is 14.3 Å². The molecular formula is C15H27ClN2O3. The van der Waals surface area contributed by atoms with Crippen molar-refractivity contribution in [1.82, 2.24) is 9.80 Å². The minimum Gasteiger partial charge on any atom is -0.444 e. The predicted octanol–water partition coefficient (Wildman–Crippen LogP) is 2.86. The monoisotopic (exact) mass is 318 g/mol. The second-order valence-electron chi connectivity index (χ2n) is 6.74. The standard InChI is InChI=1S/C15H27ClN2O3/c1-11(2)18(14(20)21-15(3,4)5)10-12-7-6-8-17(12)13(19)9-16/h11-12H,6-10H2,1-5H3. The molecule has 2 amide bonds. The average molecular weight is 319 g/mol. The summed E-state index contributed by atoms with van der Waals surface area (Å²) in [5.41, 5.74) is -0.522. The van der Waals surface area contributed by atoms with Crippen molar-refractivity contribution in [3.63, 3.8) is 0 Å². The highest BCUT2D eigenvalue weighted by Gasteiger charge is 2.33. The van der Waals surface area contributed by atoms with E-state index < -0.39 is 5.60 Å². The Balaban J connectivity index is 2.74. The maximum absolute atomic E-state index is 12.3. The number of hydrogen-bond acceptors (Lipinski definition) is 3. The van der Waals surface area contributed by atoms with E-state index in [0.29, 0.717) is 6.54 Å². The zero-order chi connectivity index (χ0) is 16.2. The Hall–Kier alpha value is -0.970. The number of nitrogens with zero attached hydrogens (tertiary/aromatic N) is 2. The van der Waals surface area contributed by atoms with Crippen LogP contribution in [0.3, 0.4) is 0 Å². The lowest BCUT2D eigenvalue weighted by Crippen LogP contribution is -2.49. The molecule has 1 fully saturated rings. The summed E-state index contributed by atoms with van der Waals surface area (Å²) < 4.78 is 5.45. The fraction of sp³-hybridized carbons (Fsp3) is 0.867. The van der Waals surface area contributed by atoms with E-state index in [9.17, 15) is 9.59 Å². The summed E-state index contributed by atoms with van der Waals surface area (Å²) in [7, 11) is 0. The Kier molecular flexibility index (Phi) is 6.32. The highest BCUT2D eigenvalue weighted by molar-refractivity contribution is 6.27. The van der Waals surface area contributed by atoms with Crippen molar-refractivity contribution in [2.24, 2.45) is 0 Å². The Morgan fingerprint density at radius 1 is 1.38 bits per heavy atom. The normalized spacial score (nSPS) is 19.0. The zero-order valence-corrected chi connectivity index (χ0v) is 14.4. The van der Waals surface area contributed by atoms with Crippen LogP contribution in [0.2, 0.25) is 0 Å². The van der Waals surface area contributed by atoms with Crippen LogP contribution in [-0.4, -0.2) is 58.5 Å². The van der Waals surface area contributed by atoms with Gasteiger partial charge in [-0.25, -0.2) is 4.79 Å². The van der Waals surface area contributed by atoms with Gasteiger partial charge in [0.05, 0.1) is 0 Å². The molecule has 1 heterocycles. The van der Waals surface area contributed by atoms with Gasteiger partial charge in [0.2, 0.25) is 5.91 Å². The van der Waals surface area contributed by atoms with Crippen molar-refractivity contribution in [2.45, 2.75) is 65.1 Å². The number of rotatable bonds is 4. The molecule has 1 aliphatic heterocycles. The molecule has 1 aliphatic rings. The van der Waals surface area contributed by atoms with Crippen molar-refractivity contribution in [3.8, 4) is 0 Å². The van der Waals surface area contributed by atoms with E-state index in [0.717, 1.165) is 19.4 Å². The first kappa shape index (κ1) is 18.1. The van der Waals surface area contributed by atoms with E-state index in [1.165, 1.54) is 0 Å². The molecule has 5 nitrogen and oxygen atoms in total. The van der Waals surface area contributed by atoms with E-state index in [4.69, 9.17) is 16.3 Å². The molecule has 0 aromatic carbocycles. The summed E-state index contributed by atoms with van der Waals surface area (Å²) in [6, 6.07) is 0.0552. The average Bonchev–Trinajstić information content (AvgIpc) is 2.80. The molecule has 1 rings (SSSR count). The van der Waals surface area contributed by atoms with Crippen LogP contribution < -0.4 is 0 Å². The fourth-order valence-corrected chi connectivity index (χ4v) is 2.63. The Morgan fingerprint density at radius 2 is 2.00 bits per heavy atom. The summed E-state index contributed by atoms with van der Waals surface area (Å²) in [4.78, 5) is 27.6. The highest BCUT2D eigenvalue weighted by Crippen LogP contribution is 2.21. The predicted molar refractivity (Wildman–Crippen MR) is 83.5 cm³/mol. The largest absolute Gasteiger partial charge is 0.444 e. The number of hydrogen-bond donors (Lipinski definition) is 0. The maximum Gasteiger partial charge on any atom is 0.410 e. The number of ether oxygens (including phenoxy) is 1. The van der Waals surface area contributed by atoms with E-state index in [1.807, 2.05) is 34.6 Å². The molecule has 21 heavy (non-hydrogen) atoms. The number of carbonyl (C=O) groups excluding carboxylic acids is 2. The van der Waals surface area contributed by atoms with E-state index in [-0.39, 0.29) is 30.0 Å². The molecule has 1 atom stereocenters. The number of carbonyl (C=O) groups is 2. The molecule has 0 radical (unpaired) electrons. The number of alkyl halides is 1. The third kappa shape index (κ3) is 5.38. The first-order chi connectivity index (χ1) is 9.65. The van der Waals surface area contributed by atoms with Crippen LogP contribution in [0.4, 0.5) is 4.79 Å².